The fraction of sp³-hybridized carbons (Fsp3) is 0.556. The molecule has 0 N–H and O–H groups in total. The van der Waals surface area contributed by atoms with E-state index in [4.69, 9.17) is 9.47 Å². The van der Waals surface area contributed by atoms with Gasteiger partial charge >= 0.3 is 5.97 Å². The highest BCUT2D eigenvalue weighted by molar-refractivity contribution is 7.91. The van der Waals surface area contributed by atoms with Crippen molar-refractivity contribution in [3.8, 4) is 5.75 Å². The maximum Gasteiger partial charge on any atom is 0.338 e. The molecular formula is C18H25NO6S. The summed E-state index contributed by atoms with van der Waals surface area (Å²) in [4.78, 5) is 26.0. The smallest absolute Gasteiger partial charge is 0.338 e. The lowest BCUT2D eigenvalue weighted by molar-refractivity contribution is -0.140. The number of nitrogens with zero attached hydrogens (tertiary/aromatic N) is 1. The number of rotatable bonds is 6. The van der Waals surface area contributed by atoms with Gasteiger partial charge < -0.3 is 14.4 Å². The van der Waals surface area contributed by atoms with Gasteiger partial charge in [-0.2, -0.15) is 0 Å². The Morgan fingerprint density at radius 2 is 1.77 bits per heavy atom. The molecule has 0 unspecified atom stereocenters. The molecule has 144 valence electrons. The summed E-state index contributed by atoms with van der Waals surface area (Å²) in [5.41, 5.74) is 0.312. The number of ether oxygens (including phenoxy) is 2. The van der Waals surface area contributed by atoms with Crippen molar-refractivity contribution in [2.24, 2.45) is 0 Å². The van der Waals surface area contributed by atoms with Gasteiger partial charge in [-0.05, 0) is 51.5 Å². The second kappa shape index (κ2) is 8.07. The summed E-state index contributed by atoms with van der Waals surface area (Å²) in [5.74, 6) is -0.362. The summed E-state index contributed by atoms with van der Waals surface area (Å²) in [5, 5.41) is 0. The first-order chi connectivity index (χ1) is 12.1. The number of carbonyl (C=O) groups is 2. The van der Waals surface area contributed by atoms with Crippen molar-refractivity contribution in [1.29, 1.82) is 0 Å². The summed E-state index contributed by atoms with van der Waals surface area (Å²) >= 11 is 0. The van der Waals surface area contributed by atoms with Crippen LogP contribution in [0.4, 0.5) is 0 Å². The van der Waals surface area contributed by atoms with Crippen LogP contribution in [0, 0.1) is 0 Å². The zero-order valence-corrected chi connectivity index (χ0v) is 16.3. The molecule has 0 bridgehead atoms. The third-order valence-corrected chi connectivity index (χ3v) is 5.95. The molecule has 2 atom stereocenters. The van der Waals surface area contributed by atoms with Gasteiger partial charge in [0.2, 0.25) is 0 Å². The molecule has 1 aromatic rings. The van der Waals surface area contributed by atoms with Gasteiger partial charge in [0.25, 0.3) is 5.91 Å². The summed E-state index contributed by atoms with van der Waals surface area (Å²) in [6.07, 6.45) is -0.564. The number of esters is 1. The Balaban J connectivity index is 1.94. The minimum absolute atomic E-state index is 0.0281. The van der Waals surface area contributed by atoms with Gasteiger partial charge in [-0.3, -0.25) is 4.79 Å². The van der Waals surface area contributed by atoms with Crippen molar-refractivity contribution in [2.75, 3.05) is 18.6 Å². The normalized spacial score (nSPS) is 19.8. The molecule has 0 aliphatic carbocycles. The first-order valence-electron chi connectivity index (χ1n) is 8.54. The Morgan fingerprint density at radius 3 is 2.27 bits per heavy atom. The van der Waals surface area contributed by atoms with Crippen molar-refractivity contribution in [1.82, 2.24) is 4.90 Å². The van der Waals surface area contributed by atoms with E-state index in [0.717, 1.165) is 0 Å². The standard InChI is InChI=1S/C18H25NO6S/c1-12(2)24-16-7-5-14(6-8-16)18(21)25-13(3)17(20)19(4)15-9-10-26(22,23)11-15/h5-8,12-13,15H,9-11H2,1-4H3/t13-,15+/m0/s1. The Hall–Kier alpha value is -2.09. The quantitative estimate of drug-likeness (QED) is 0.694. The van der Waals surface area contributed by atoms with E-state index in [-0.39, 0.29) is 23.7 Å². The van der Waals surface area contributed by atoms with Gasteiger partial charge in [0.15, 0.2) is 15.9 Å². The average molecular weight is 383 g/mol. The van der Waals surface area contributed by atoms with Crippen LogP contribution in [0.2, 0.25) is 0 Å². The van der Waals surface area contributed by atoms with E-state index in [9.17, 15) is 18.0 Å². The van der Waals surface area contributed by atoms with E-state index in [1.807, 2.05) is 13.8 Å². The maximum absolute atomic E-state index is 12.4. The van der Waals surface area contributed by atoms with Crippen LogP contribution >= 0.6 is 0 Å². The third-order valence-electron chi connectivity index (χ3n) is 4.20. The van der Waals surface area contributed by atoms with Crippen LogP contribution in [0.3, 0.4) is 0 Å². The summed E-state index contributed by atoms with van der Waals surface area (Å²) in [6.45, 7) is 5.29. The molecule has 0 spiro atoms. The number of amides is 1. The van der Waals surface area contributed by atoms with Crippen LogP contribution in [0.15, 0.2) is 24.3 Å². The number of sulfone groups is 1. The molecule has 1 amide bonds. The molecule has 2 rings (SSSR count). The minimum Gasteiger partial charge on any atom is -0.491 e. The van der Waals surface area contributed by atoms with Crippen LogP contribution in [0.5, 0.6) is 5.75 Å². The Bertz CT molecular complexity index is 756. The average Bonchev–Trinajstić information content (AvgIpc) is 2.93. The van der Waals surface area contributed by atoms with Gasteiger partial charge in [0, 0.05) is 13.1 Å². The van der Waals surface area contributed by atoms with Gasteiger partial charge in [-0.25, -0.2) is 13.2 Å². The number of benzene rings is 1. The van der Waals surface area contributed by atoms with Gasteiger partial charge in [-0.1, -0.05) is 0 Å². The van der Waals surface area contributed by atoms with Gasteiger partial charge in [-0.15, -0.1) is 0 Å². The molecule has 8 heteroatoms. The SMILES string of the molecule is CC(C)Oc1ccc(C(=O)O[C@@H](C)C(=O)N(C)[C@@H]2CCS(=O)(=O)C2)cc1. The minimum atomic E-state index is -3.09. The molecule has 7 nitrogen and oxygen atoms in total. The van der Waals surface area contributed by atoms with Crippen LogP contribution < -0.4 is 4.74 Å². The molecular weight excluding hydrogens is 358 g/mol. The van der Waals surface area contributed by atoms with E-state index in [1.54, 1.807) is 24.3 Å². The van der Waals surface area contributed by atoms with E-state index in [0.29, 0.717) is 17.7 Å². The van der Waals surface area contributed by atoms with Crippen LogP contribution in [-0.2, 0) is 19.4 Å². The third kappa shape index (κ3) is 5.20. The van der Waals surface area contributed by atoms with E-state index >= 15 is 0 Å². The largest absolute Gasteiger partial charge is 0.491 e. The lowest BCUT2D eigenvalue weighted by Gasteiger charge is -2.26. The van der Waals surface area contributed by atoms with Crippen molar-refractivity contribution >= 4 is 21.7 Å². The highest BCUT2D eigenvalue weighted by atomic mass is 32.2. The van der Waals surface area contributed by atoms with E-state index in [2.05, 4.69) is 0 Å². The lowest BCUT2D eigenvalue weighted by atomic mass is 10.2. The van der Waals surface area contributed by atoms with E-state index in [1.165, 1.54) is 18.9 Å². The maximum atomic E-state index is 12.4. The predicted octanol–water partition coefficient (Wildman–Crippen LogP) is 1.66. The monoisotopic (exact) mass is 383 g/mol. The van der Waals surface area contributed by atoms with E-state index < -0.39 is 27.8 Å². The highest BCUT2D eigenvalue weighted by Gasteiger charge is 2.35. The number of carbonyl (C=O) groups excluding carboxylic acids is 2. The van der Waals surface area contributed by atoms with Crippen LogP contribution in [0.25, 0.3) is 0 Å². The topological polar surface area (TPSA) is 90.0 Å². The molecule has 0 saturated carbocycles. The van der Waals surface area contributed by atoms with Gasteiger partial charge in [0.05, 0.1) is 23.2 Å². The second-order valence-electron chi connectivity index (χ2n) is 6.74. The number of hydrogen-bond acceptors (Lipinski definition) is 6. The first kappa shape index (κ1) is 20.2. The van der Waals surface area contributed by atoms with Crippen molar-refractivity contribution in [2.45, 2.75) is 45.4 Å². The Kier molecular flexibility index (Phi) is 6.28. The first-order valence-corrected chi connectivity index (χ1v) is 10.4. The van der Waals surface area contributed by atoms with Crippen molar-refractivity contribution in [3.05, 3.63) is 29.8 Å². The molecule has 1 fully saturated rings. The molecule has 26 heavy (non-hydrogen) atoms. The molecule has 1 aliphatic heterocycles. The number of hydrogen-bond donors (Lipinski definition) is 0. The predicted molar refractivity (Wildman–Crippen MR) is 96.9 cm³/mol. The van der Waals surface area contributed by atoms with Crippen LogP contribution in [-0.4, -0.2) is 62.0 Å². The highest BCUT2D eigenvalue weighted by Crippen LogP contribution is 2.19. The molecule has 1 saturated heterocycles. The fourth-order valence-corrected chi connectivity index (χ4v) is 4.54. The molecule has 1 aliphatic rings. The summed E-state index contributed by atoms with van der Waals surface area (Å²) in [6, 6.07) is 6.10. The Morgan fingerprint density at radius 1 is 1.15 bits per heavy atom. The van der Waals surface area contributed by atoms with Crippen LogP contribution in [0.1, 0.15) is 37.6 Å². The Labute approximate surface area is 154 Å². The zero-order valence-electron chi connectivity index (χ0n) is 15.5. The summed E-state index contributed by atoms with van der Waals surface area (Å²) in [7, 11) is -1.55. The second-order valence-corrected chi connectivity index (χ2v) is 8.97. The molecule has 1 heterocycles. The van der Waals surface area contributed by atoms with Gasteiger partial charge in [0.1, 0.15) is 5.75 Å². The molecule has 0 aromatic heterocycles. The van der Waals surface area contributed by atoms with Crippen molar-refractivity contribution in [3.63, 3.8) is 0 Å². The molecule has 0 radical (unpaired) electrons. The lowest BCUT2D eigenvalue weighted by Crippen LogP contribution is -2.44. The molecule has 1 aromatic carbocycles. The fourth-order valence-electron chi connectivity index (χ4n) is 2.77. The zero-order chi connectivity index (χ0) is 19.5. The summed E-state index contributed by atoms with van der Waals surface area (Å²) < 4.78 is 33.9. The number of likely N-dealkylation sites (N-methyl/N-ethyl adjacent to an activating group) is 1. The van der Waals surface area contributed by atoms with Crippen molar-refractivity contribution < 1.29 is 27.5 Å².